The van der Waals surface area contributed by atoms with Gasteiger partial charge in [-0.15, -0.1) is 0 Å². The third-order valence-electron chi connectivity index (χ3n) is 3.84. The third-order valence-corrected chi connectivity index (χ3v) is 5.65. The Hall–Kier alpha value is -2.31. The third kappa shape index (κ3) is 2.95. The van der Waals surface area contributed by atoms with E-state index in [9.17, 15) is 8.42 Å². The maximum absolute atomic E-state index is 12.7. The van der Waals surface area contributed by atoms with E-state index in [1.165, 1.54) is 4.31 Å². The predicted molar refractivity (Wildman–Crippen MR) is 89.9 cm³/mol. The molecule has 0 amide bonds. The standard InChI is InChI=1S/C17H18N2O3S/c1-19(12-13-11-18-17-6-4-3-5-16(13)17)23(20,21)15-9-7-14(22-2)8-10-15/h3-11,18H,12H2,1-2H3. The molecule has 23 heavy (non-hydrogen) atoms. The summed E-state index contributed by atoms with van der Waals surface area (Å²) in [4.78, 5) is 3.41. The fourth-order valence-electron chi connectivity index (χ4n) is 2.51. The highest BCUT2D eigenvalue weighted by Gasteiger charge is 2.21. The molecule has 6 heteroatoms. The molecule has 0 radical (unpaired) electrons. The Morgan fingerprint density at radius 3 is 2.48 bits per heavy atom. The maximum atomic E-state index is 12.7. The van der Waals surface area contributed by atoms with E-state index in [0.29, 0.717) is 12.3 Å². The van der Waals surface area contributed by atoms with Crippen LogP contribution >= 0.6 is 0 Å². The zero-order valence-electron chi connectivity index (χ0n) is 13.0. The summed E-state index contributed by atoms with van der Waals surface area (Å²) in [5.41, 5.74) is 1.94. The number of sulfonamides is 1. The summed E-state index contributed by atoms with van der Waals surface area (Å²) in [6, 6.07) is 14.2. The molecule has 1 heterocycles. The highest BCUT2D eigenvalue weighted by atomic mass is 32.2. The molecule has 0 bridgehead atoms. The van der Waals surface area contributed by atoms with Gasteiger partial charge in [0.15, 0.2) is 0 Å². The van der Waals surface area contributed by atoms with Crippen molar-refractivity contribution in [2.75, 3.05) is 14.2 Å². The van der Waals surface area contributed by atoms with Crippen molar-refractivity contribution in [3.63, 3.8) is 0 Å². The normalized spacial score (nSPS) is 12.0. The fraction of sp³-hybridized carbons (Fsp3) is 0.176. The second-order valence-corrected chi connectivity index (χ2v) is 7.34. The van der Waals surface area contributed by atoms with Crippen LogP contribution in [0.25, 0.3) is 10.9 Å². The van der Waals surface area contributed by atoms with E-state index in [2.05, 4.69) is 4.98 Å². The summed E-state index contributed by atoms with van der Waals surface area (Å²) in [5.74, 6) is 0.628. The van der Waals surface area contributed by atoms with Gasteiger partial charge in [-0.25, -0.2) is 8.42 Å². The van der Waals surface area contributed by atoms with Crippen LogP contribution < -0.4 is 4.74 Å². The summed E-state index contributed by atoms with van der Waals surface area (Å²) in [5, 5.41) is 1.03. The van der Waals surface area contributed by atoms with E-state index in [1.807, 2.05) is 30.5 Å². The lowest BCUT2D eigenvalue weighted by Crippen LogP contribution is -2.26. The molecule has 0 saturated carbocycles. The molecule has 1 aromatic heterocycles. The number of nitrogens with one attached hydrogen (secondary N) is 1. The minimum Gasteiger partial charge on any atom is -0.497 e. The first-order valence-corrected chi connectivity index (χ1v) is 8.62. The molecule has 0 aliphatic carbocycles. The number of nitrogens with zero attached hydrogens (tertiary/aromatic N) is 1. The lowest BCUT2D eigenvalue weighted by Gasteiger charge is -2.17. The van der Waals surface area contributed by atoms with Crippen LogP contribution in [0.1, 0.15) is 5.56 Å². The van der Waals surface area contributed by atoms with Gasteiger partial charge in [0.1, 0.15) is 5.75 Å². The number of ether oxygens (including phenoxy) is 1. The van der Waals surface area contributed by atoms with E-state index in [1.54, 1.807) is 38.4 Å². The Labute approximate surface area is 135 Å². The Balaban J connectivity index is 1.87. The monoisotopic (exact) mass is 330 g/mol. The van der Waals surface area contributed by atoms with Crippen molar-refractivity contribution in [3.05, 3.63) is 60.3 Å². The summed E-state index contributed by atoms with van der Waals surface area (Å²) in [6.45, 7) is 0.304. The number of para-hydroxylation sites is 1. The van der Waals surface area contributed by atoms with Crippen molar-refractivity contribution in [2.24, 2.45) is 0 Å². The molecule has 0 saturated heterocycles. The summed E-state index contributed by atoms with van der Waals surface area (Å²) < 4.78 is 31.8. The number of rotatable bonds is 5. The van der Waals surface area contributed by atoms with Crippen LogP contribution in [0.2, 0.25) is 0 Å². The van der Waals surface area contributed by atoms with Gasteiger partial charge in [-0.3, -0.25) is 0 Å². The lowest BCUT2D eigenvalue weighted by atomic mass is 10.2. The fourth-order valence-corrected chi connectivity index (χ4v) is 3.66. The van der Waals surface area contributed by atoms with Gasteiger partial charge < -0.3 is 9.72 Å². The molecule has 2 aromatic carbocycles. The van der Waals surface area contributed by atoms with Crippen LogP contribution in [0.3, 0.4) is 0 Å². The molecule has 0 spiro atoms. The smallest absolute Gasteiger partial charge is 0.243 e. The van der Waals surface area contributed by atoms with Gasteiger partial charge in [0.2, 0.25) is 10.0 Å². The van der Waals surface area contributed by atoms with Crippen LogP contribution in [0.5, 0.6) is 5.75 Å². The predicted octanol–water partition coefficient (Wildman–Crippen LogP) is 3.00. The second kappa shape index (κ2) is 6.06. The lowest BCUT2D eigenvalue weighted by molar-refractivity contribution is 0.414. The molecule has 0 unspecified atom stereocenters. The van der Waals surface area contributed by atoms with Crippen molar-refractivity contribution >= 4 is 20.9 Å². The number of aromatic amines is 1. The Bertz CT molecular complexity index is 914. The van der Waals surface area contributed by atoms with Crippen LogP contribution in [-0.2, 0) is 16.6 Å². The molecule has 0 atom stereocenters. The van der Waals surface area contributed by atoms with Crippen molar-refractivity contribution in [3.8, 4) is 5.75 Å². The number of hydrogen-bond donors (Lipinski definition) is 1. The maximum Gasteiger partial charge on any atom is 0.243 e. The number of hydrogen-bond acceptors (Lipinski definition) is 3. The average Bonchev–Trinajstić information content (AvgIpc) is 2.98. The Morgan fingerprint density at radius 1 is 1.09 bits per heavy atom. The van der Waals surface area contributed by atoms with Gasteiger partial charge in [0.05, 0.1) is 12.0 Å². The van der Waals surface area contributed by atoms with Gasteiger partial charge in [-0.05, 0) is 35.9 Å². The van der Waals surface area contributed by atoms with Crippen molar-refractivity contribution in [2.45, 2.75) is 11.4 Å². The molecule has 1 N–H and O–H groups in total. The summed E-state index contributed by atoms with van der Waals surface area (Å²) in [6.07, 6.45) is 1.85. The highest BCUT2D eigenvalue weighted by molar-refractivity contribution is 7.89. The highest BCUT2D eigenvalue weighted by Crippen LogP contribution is 2.23. The minimum absolute atomic E-state index is 0.251. The first kappa shape index (κ1) is 15.6. The molecular weight excluding hydrogens is 312 g/mol. The second-order valence-electron chi connectivity index (χ2n) is 5.30. The number of benzene rings is 2. The van der Waals surface area contributed by atoms with E-state index < -0.39 is 10.0 Å². The summed E-state index contributed by atoms with van der Waals surface area (Å²) >= 11 is 0. The average molecular weight is 330 g/mol. The largest absolute Gasteiger partial charge is 0.497 e. The van der Waals surface area contributed by atoms with E-state index in [0.717, 1.165) is 16.5 Å². The molecule has 0 aliphatic rings. The number of fused-ring (bicyclic) bond motifs is 1. The zero-order chi connectivity index (χ0) is 16.4. The quantitative estimate of drug-likeness (QED) is 0.782. The van der Waals surface area contributed by atoms with Crippen LogP contribution in [0.15, 0.2) is 59.6 Å². The van der Waals surface area contributed by atoms with E-state index >= 15 is 0 Å². The van der Waals surface area contributed by atoms with Crippen molar-refractivity contribution in [1.29, 1.82) is 0 Å². The van der Waals surface area contributed by atoms with Crippen molar-refractivity contribution in [1.82, 2.24) is 9.29 Å². The van der Waals surface area contributed by atoms with Gasteiger partial charge in [-0.1, -0.05) is 18.2 Å². The van der Waals surface area contributed by atoms with E-state index in [4.69, 9.17) is 4.74 Å². The number of aromatic nitrogens is 1. The molecule has 3 aromatic rings. The molecule has 0 aliphatic heterocycles. The molecule has 120 valence electrons. The van der Waals surface area contributed by atoms with Gasteiger partial charge in [0.25, 0.3) is 0 Å². The van der Waals surface area contributed by atoms with Gasteiger partial charge in [-0.2, -0.15) is 4.31 Å². The van der Waals surface area contributed by atoms with Crippen molar-refractivity contribution < 1.29 is 13.2 Å². The van der Waals surface area contributed by atoms with Gasteiger partial charge in [0, 0.05) is 30.7 Å². The Kier molecular flexibility index (Phi) is 4.11. The topological polar surface area (TPSA) is 62.4 Å². The van der Waals surface area contributed by atoms with Crippen LogP contribution in [-0.4, -0.2) is 31.9 Å². The number of H-pyrrole nitrogens is 1. The van der Waals surface area contributed by atoms with E-state index in [-0.39, 0.29) is 4.90 Å². The zero-order valence-corrected chi connectivity index (χ0v) is 13.8. The summed E-state index contributed by atoms with van der Waals surface area (Å²) in [7, 11) is -0.412. The molecule has 0 fully saturated rings. The molecule has 3 rings (SSSR count). The van der Waals surface area contributed by atoms with Gasteiger partial charge >= 0.3 is 0 Å². The first-order valence-electron chi connectivity index (χ1n) is 7.18. The Morgan fingerprint density at radius 2 is 1.78 bits per heavy atom. The first-order chi connectivity index (χ1) is 11.0. The van der Waals surface area contributed by atoms with Crippen LogP contribution in [0, 0.1) is 0 Å². The SMILES string of the molecule is COc1ccc(S(=O)(=O)N(C)Cc2c[nH]c3ccccc23)cc1. The van der Waals surface area contributed by atoms with Crippen LogP contribution in [0.4, 0.5) is 0 Å². The minimum atomic E-state index is -3.54. The molecular formula is C17H18N2O3S. The molecule has 5 nitrogen and oxygen atoms in total. The number of methoxy groups -OCH3 is 1.